The molecule has 0 saturated heterocycles. The first kappa shape index (κ1) is 12.7. The molecular formula is C16H15NO3. The highest BCUT2D eigenvalue weighted by atomic mass is 16.7. The van der Waals surface area contributed by atoms with Gasteiger partial charge in [0.05, 0.1) is 19.2 Å². The van der Waals surface area contributed by atoms with Crippen LogP contribution in [0, 0.1) is 0 Å². The lowest BCUT2D eigenvalue weighted by atomic mass is 10.1. The molecular weight excluding hydrogens is 254 g/mol. The van der Waals surface area contributed by atoms with Crippen molar-refractivity contribution in [3.63, 3.8) is 0 Å². The minimum atomic E-state index is -0.116. The highest BCUT2D eigenvalue weighted by Crippen LogP contribution is 2.31. The van der Waals surface area contributed by atoms with Gasteiger partial charge in [0.25, 0.3) is 5.91 Å². The van der Waals surface area contributed by atoms with Crippen molar-refractivity contribution in [3.05, 3.63) is 65.2 Å². The second-order valence-corrected chi connectivity index (χ2v) is 4.59. The number of hydroxylamine groups is 2. The van der Waals surface area contributed by atoms with E-state index < -0.39 is 0 Å². The van der Waals surface area contributed by atoms with Gasteiger partial charge in [-0.3, -0.25) is 9.63 Å². The Labute approximate surface area is 117 Å². The number of rotatable bonds is 4. The number of ether oxygens (including phenoxy) is 1. The van der Waals surface area contributed by atoms with Crippen LogP contribution in [0.3, 0.4) is 0 Å². The van der Waals surface area contributed by atoms with Gasteiger partial charge in [-0.2, -0.15) is 0 Å². The number of carbonyl (C=O) groups excluding carboxylic acids is 1. The number of hydrogen-bond acceptors (Lipinski definition) is 3. The molecule has 1 heterocycles. The number of carbonyl (C=O) groups is 1. The molecule has 3 rings (SSSR count). The van der Waals surface area contributed by atoms with Gasteiger partial charge >= 0.3 is 0 Å². The normalized spacial score (nSPS) is 13.4. The first-order valence-electron chi connectivity index (χ1n) is 6.44. The lowest BCUT2D eigenvalue weighted by Gasteiger charge is -2.15. The molecule has 2 aromatic carbocycles. The van der Waals surface area contributed by atoms with E-state index in [-0.39, 0.29) is 5.91 Å². The molecule has 0 atom stereocenters. The summed E-state index contributed by atoms with van der Waals surface area (Å²) in [6, 6.07) is 15.2. The standard InChI is InChI=1S/C16H15NO3/c1-19-15-9-5-8-13-14(15)10-17(16(13)18)20-11-12-6-3-2-4-7-12/h2-9H,10-11H2,1H3. The molecule has 0 N–H and O–H groups in total. The fraction of sp³-hybridized carbons (Fsp3) is 0.188. The Hall–Kier alpha value is -2.33. The van der Waals surface area contributed by atoms with Gasteiger partial charge in [0.1, 0.15) is 12.4 Å². The number of methoxy groups -OCH3 is 1. The third kappa shape index (κ3) is 2.26. The summed E-state index contributed by atoms with van der Waals surface area (Å²) in [6.07, 6.45) is 0. The topological polar surface area (TPSA) is 38.8 Å². The number of fused-ring (bicyclic) bond motifs is 1. The third-order valence-electron chi connectivity index (χ3n) is 3.34. The predicted molar refractivity (Wildman–Crippen MR) is 74.1 cm³/mol. The largest absolute Gasteiger partial charge is 0.496 e. The van der Waals surface area contributed by atoms with Crippen LogP contribution in [0.1, 0.15) is 21.5 Å². The molecule has 20 heavy (non-hydrogen) atoms. The average Bonchev–Trinajstić information content (AvgIpc) is 2.83. The molecule has 0 fully saturated rings. The Morgan fingerprint density at radius 1 is 1.10 bits per heavy atom. The van der Waals surface area contributed by atoms with Crippen LogP contribution in [-0.4, -0.2) is 18.1 Å². The molecule has 0 radical (unpaired) electrons. The molecule has 0 saturated carbocycles. The zero-order valence-corrected chi connectivity index (χ0v) is 11.2. The van der Waals surface area contributed by atoms with Gasteiger partial charge in [-0.1, -0.05) is 36.4 Å². The SMILES string of the molecule is COc1cccc2c1CN(OCc1ccccc1)C2=O. The van der Waals surface area contributed by atoms with Crippen LogP contribution >= 0.6 is 0 Å². The van der Waals surface area contributed by atoms with Gasteiger partial charge in [-0.05, 0) is 17.7 Å². The van der Waals surface area contributed by atoms with Crippen LogP contribution in [0.2, 0.25) is 0 Å². The lowest BCUT2D eigenvalue weighted by Crippen LogP contribution is -2.24. The van der Waals surface area contributed by atoms with Crippen molar-refractivity contribution < 1.29 is 14.4 Å². The smallest absolute Gasteiger partial charge is 0.278 e. The maximum Gasteiger partial charge on any atom is 0.278 e. The Bertz CT molecular complexity index is 625. The predicted octanol–water partition coefficient (Wildman–Crippen LogP) is 2.78. The Morgan fingerprint density at radius 2 is 1.90 bits per heavy atom. The van der Waals surface area contributed by atoms with Crippen molar-refractivity contribution in [3.8, 4) is 5.75 Å². The van der Waals surface area contributed by atoms with E-state index in [0.717, 1.165) is 16.9 Å². The molecule has 0 unspecified atom stereocenters. The third-order valence-corrected chi connectivity index (χ3v) is 3.34. The van der Waals surface area contributed by atoms with Crippen molar-refractivity contribution in [2.75, 3.05) is 7.11 Å². The number of hydrogen-bond donors (Lipinski definition) is 0. The molecule has 1 aliphatic heterocycles. The van der Waals surface area contributed by atoms with Crippen LogP contribution in [0.25, 0.3) is 0 Å². The summed E-state index contributed by atoms with van der Waals surface area (Å²) < 4.78 is 5.28. The van der Waals surface area contributed by atoms with Gasteiger partial charge in [0, 0.05) is 5.56 Å². The summed E-state index contributed by atoms with van der Waals surface area (Å²) >= 11 is 0. The first-order chi connectivity index (χ1) is 9.79. The number of nitrogens with zero attached hydrogens (tertiary/aromatic N) is 1. The summed E-state index contributed by atoms with van der Waals surface area (Å²) in [5.74, 6) is 0.608. The van der Waals surface area contributed by atoms with E-state index in [1.165, 1.54) is 5.06 Å². The van der Waals surface area contributed by atoms with Gasteiger partial charge < -0.3 is 4.74 Å². The Morgan fingerprint density at radius 3 is 2.65 bits per heavy atom. The van der Waals surface area contributed by atoms with Gasteiger partial charge in [-0.15, -0.1) is 0 Å². The zero-order chi connectivity index (χ0) is 13.9. The number of benzene rings is 2. The molecule has 2 aromatic rings. The average molecular weight is 269 g/mol. The van der Waals surface area contributed by atoms with Gasteiger partial charge in [0.15, 0.2) is 0 Å². The van der Waals surface area contributed by atoms with Crippen molar-refractivity contribution in [1.82, 2.24) is 5.06 Å². The van der Waals surface area contributed by atoms with E-state index in [9.17, 15) is 4.79 Å². The molecule has 1 amide bonds. The van der Waals surface area contributed by atoms with E-state index in [0.29, 0.717) is 18.7 Å². The van der Waals surface area contributed by atoms with E-state index in [1.54, 1.807) is 13.2 Å². The quantitative estimate of drug-likeness (QED) is 0.856. The fourth-order valence-corrected chi connectivity index (χ4v) is 2.30. The molecule has 4 heteroatoms. The lowest BCUT2D eigenvalue weighted by molar-refractivity contribution is -0.135. The Kier molecular flexibility index (Phi) is 3.39. The van der Waals surface area contributed by atoms with Crippen LogP contribution in [0.5, 0.6) is 5.75 Å². The van der Waals surface area contributed by atoms with Crippen molar-refractivity contribution in [2.45, 2.75) is 13.2 Å². The Balaban J connectivity index is 1.74. The summed E-state index contributed by atoms with van der Waals surface area (Å²) in [5, 5.41) is 1.39. The van der Waals surface area contributed by atoms with E-state index >= 15 is 0 Å². The van der Waals surface area contributed by atoms with Crippen LogP contribution in [0.4, 0.5) is 0 Å². The molecule has 0 aliphatic carbocycles. The van der Waals surface area contributed by atoms with Crippen LogP contribution in [0.15, 0.2) is 48.5 Å². The molecule has 0 spiro atoms. The minimum Gasteiger partial charge on any atom is -0.496 e. The van der Waals surface area contributed by atoms with Gasteiger partial charge in [-0.25, -0.2) is 5.06 Å². The van der Waals surface area contributed by atoms with Crippen LogP contribution < -0.4 is 4.74 Å². The minimum absolute atomic E-state index is 0.116. The van der Waals surface area contributed by atoms with Crippen molar-refractivity contribution in [1.29, 1.82) is 0 Å². The zero-order valence-electron chi connectivity index (χ0n) is 11.2. The first-order valence-corrected chi connectivity index (χ1v) is 6.44. The molecule has 102 valence electrons. The second kappa shape index (κ2) is 5.35. The van der Waals surface area contributed by atoms with Crippen molar-refractivity contribution >= 4 is 5.91 Å². The summed E-state index contributed by atoms with van der Waals surface area (Å²) in [7, 11) is 1.60. The maximum atomic E-state index is 12.2. The van der Waals surface area contributed by atoms with Crippen LogP contribution in [-0.2, 0) is 18.0 Å². The van der Waals surface area contributed by atoms with Crippen molar-refractivity contribution in [2.24, 2.45) is 0 Å². The van der Waals surface area contributed by atoms with E-state index in [2.05, 4.69) is 0 Å². The summed E-state index contributed by atoms with van der Waals surface area (Å²) in [4.78, 5) is 17.8. The van der Waals surface area contributed by atoms with E-state index in [4.69, 9.17) is 9.57 Å². The maximum absolute atomic E-state index is 12.2. The molecule has 1 aliphatic rings. The fourth-order valence-electron chi connectivity index (χ4n) is 2.30. The summed E-state index contributed by atoms with van der Waals surface area (Å²) in [5.41, 5.74) is 2.56. The monoisotopic (exact) mass is 269 g/mol. The molecule has 4 nitrogen and oxygen atoms in total. The molecule has 0 bridgehead atoms. The van der Waals surface area contributed by atoms with Gasteiger partial charge in [0.2, 0.25) is 0 Å². The number of amides is 1. The highest BCUT2D eigenvalue weighted by Gasteiger charge is 2.30. The molecule has 0 aromatic heterocycles. The second-order valence-electron chi connectivity index (χ2n) is 4.59. The highest BCUT2D eigenvalue weighted by molar-refractivity contribution is 5.98. The van der Waals surface area contributed by atoms with E-state index in [1.807, 2.05) is 42.5 Å². The summed E-state index contributed by atoms with van der Waals surface area (Å²) in [6.45, 7) is 0.800.